The predicted octanol–water partition coefficient (Wildman–Crippen LogP) is 1.35. The fourth-order valence-corrected chi connectivity index (χ4v) is 2.21. The van der Waals surface area contributed by atoms with Crippen LogP contribution in [0.1, 0.15) is 25.1 Å². The number of carbonyl (C=O) groups is 1. The van der Waals surface area contributed by atoms with E-state index >= 15 is 0 Å². The van der Waals surface area contributed by atoms with Gasteiger partial charge in [0, 0.05) is 12.1 Å². The Morgan fingerprint density at radius 1 is 1.50 bits per heavy atom. The molecule has 2 heterocycles. The molecule has 2 rings (SSSR count). The van der Waals surface area contributed by atoms with E-state index in [1.54, 1.807) is 0 Å². The second kappa shape index (κ2) is 5.41. The van der Waals surface area contributed by atoms with Gasteiger partial charge in [-0.15, -0.1) is 0 Å². The molecule has 3 N–H and O–H groups in total. The Labute approximate surface area is 121 Å². The second-order valence-electron chi connectivity index (χ2n) is 5.39. The normalized spacial score (nSPS) is 14.9. The first-order chi connectivity index (χ1) is 9.32. The van der Waals surface area contributed by atoms with E-state index in [-0.39, 0.29) is 18.4 Å². The number of hydrogen-bond acceptors (Lipinski definition) is 5. The van der Waals surface area contributed by atoms with Crippen LogP contribution in [0.4, 0.5) is 10.6 Å². The molecule has 1 amide bonds. The summed E-state index contributed by atoms with van der Waals surface area (Å²) in [7, 11) is 0. The van der Waals surface area contributed by atoms with Gasteiger partial charge in [0.25, 0.3) is 0 Å². The number of aliphatic hydroxyl groups excluding tert-OH is 1. The summed E-state index contributed by atoms with van der Waals surface area (Å²) < 4.78 is 0. The molecule has 0 aromatic carbocycles. The first kappa shape index (κ1) is 14.8. The number of anilines is 1. The van der Waals surface area contributed by atoms with Crippen molar-refractivity contribution in [3.8, 4) is 0 Å². The van der Waals surface area contributed by atoms with E-state index in [4.69, 9.17) is 16.7 Å². The third-order valence-electron chi connectivity index (χ3n) is 3.16. The van der Waals surface area contributed by atoms with E-state index in [9.17, 15) is 9.90 Å². The van der Waals surface area contributed by atoms with Crippen LogP contribution in [0.15, 0.2) is 0 Å². The zero-order valence-corrected chi connectivity index (χ0v) is 12.1. The fraction of sp³-hybridized carbons (Fsp3) is 0.583. The van der Waals surface area contributed by atoms with E-state index in [0.29, 0.717) is 24.5 Å². The van der Waals surface area contributed by atoms with Gasteiger partial charge in [0.05, 0.1) is 24.4 Å². The summed E-state index contributed by atoms with van der Waals surface area (Å²) in [5.41, 5.74) is 0.915. The molecule has 1 aromatic heterocycles. The molecule has 0 spiro atoms. The molecule has 0 unspecified atom stereocenters. The second-order valence-corrected chi connectivity index (χ2v) is 5.73. The monoisotopic (exact) mass is 300 g/mol. The van der Waals surface area contributed by atoms with E-state index in [0.717, 1.165) is 5.56 Å². The Bertz CT molecular complexity index is 536. The van der Waals surface area contributed by atoms with Crippen LogP contribution >= 0.6 is 11.6 Å². The topological polar surface area (TPSA) is 98.6 Å². The molecule has 7 nitrogen and oxygen atoms in total. The van der Waals surface area contributed by atoms with Crippen LogP contribution < -0.4 is 5.32 Å². The smallest absolute Gasteiger partial charge is 0.407 e. The number of nitrogens with one attached hydrogen (secondary N) is 1. The largest absolute Gasteiger partial charge is 0.465 e. The Morgan fingerprint density at radius 2 is 2.20 bits per heavy atom. The van der Waals surface area contributed by atoms with Crippen molar-refractivity contribution in [1.82, 2.24) is 14.9 Å². The van der Waals surface area contributed by atoms with Crippen molar-refractivity contribution in [3.63, 3.8) is 0 Å². The number of amides is 1. The van der Waals surface area contributed by atoms with E-state index in [2.05, 4.69) is 15.3 Å². The van der Waals surface area contributed by atoms with Gasteiger partial charge in [-0.1, -0.05) is 0 Å². The van der Waals surface area contributed by atoms with Crippen LogP contribution in [0.5, 0.6) is 0 Å². The van der Waals surface area contributed by atoms with Gasteiger partial charge in [-0.05, 0) is 31.9 Å². The lowest BCUT2D eigenvalue weighted by Crippen LogP contribution is -2.39. The van der Waals surface area contributed by atoms with Crippen molar-refractivity contribution in [2.75, 3.05) is 18.5 Å². The Balaban J connectivity index is 2.34. The van der Waals surface area contributed by atoms with Gasteiger partial charge in [-0.3, -0.25) is 0 Å². The molecule has 0 bridgehead atoms. The van der Waals surface area contributed by atoms with Crippen LogP contribution in [0.3, 0.4) is 0 Å². The fourth-order valence-electron chi connectivity index (χ4n) is 2.03. The minimum atomic E-state index is -0.976. The number of aromatic nitrogens is 2. The molecule has 0 saturated carbocycles. The molecular formula is C12H17ClN4O3. The SMILES string of the molecule is CC(C)(CO)Nc1nc(Cl)nc2c1CCN(C(=O)O)C2. The maximum atomic E-state index is 11.0. The highest BCUT2D eigenvalue weighted by Crippen LogP contribution is 2.27. The van der Waals surface area contributed by atoms with Gasteiger partial charge in [-0.25, -0.2) is 14.8 Å². The van der Waals surface area contributed by atoms with Crippen molar-refractivity contribution >= 4 is 23.5 Å². The third-order valence-corrected chi connectivity index (χ3v) is 3.33. The van der Waals surface area contributed by atoms with E-state index in [1.807, 2.05) is 13.8 Å². The highest BCUT2D eigenvalue weighted by atomic mass is 35.5. The Morgan fingerprint density at radius 3 is 2.80 bits per heavy atom. The van der Waals surface area contributed by atoms with E-state index < -0.39 is 11.6 Å². The van der Waals surface area contributed by atoms with E-state index in [1.165, 1.54) is 4.90 Å². The van der Waals surface area contributed by atoms with Gasteiger partial charge >= 0.3 is 6.09 Å². The average Bonchev–Trinajstić information content (AvgIpc) is 2.37. The zero-order chi connectivity index (χ0) is 14.9. The number of fused-ring (bicyclic) bond motifs is 1. The molecule has 0 saturated heterocycles. The number of aliphatic hydroxyl groups is 1. The Hall–Kier alpha value is -1.60. The third kappa shape index (κ3) is 3.10. The average molecular weight is 301 g/mol. The summed E-state index contributed by atoms with van der Waals surface area (Å²) in [5, 5.41) is 21.5. The molecule has 1 aliphatic heterocycles. The summed E-state index contributed by atoms with van der Waals surface area (Å²) in [6.07, 6.45) is -0.460. The van der Waals surface area contributed by atoms with Crippen molar-refractivity contribution in [3.05, 3.63) is 16.5 Å². The number of rotatable bonds is 3. The van der Waals surface area contributed by atoms with Crippen LogP contribution in [0, 0.1) is 0 Å². The number of halogens is 1. The van der Waals surface area contributed by atoms with Gasteiger partial charge < -0.3 is 20.4 Å². The maximum Gasteiger partial charge on any atom is 0.407 e. The number of hydrogen-bond donors (Lipinski definition) is 3. The molecule has 0 fully saturated rings. The molecule has 8 heteroatoms. The van der Waals surface area contributed by atoms with Crippen molar-refractivity contribution < 1.29 is 15.0 Å². The Kier molecular flexibility index (Phi) is 4.01. The predicted molar refractivity (Wildman–Crippen MR) is 74.0 cm³/mol. The number of nitrogens with zero attached hydrogens (tertiary/aromatic N) is 3. The van der Waals surface area contributed by atoms with Crippen LogP contribution in [0.2, 0.25) is 5.28 Å². The van der Waals surface area contributed by atoms with Crippen molar-refractivity contribution in [1.29, 1.82) is 0 Å². The molecule has 110 valence electrons. The molecule has 1 aliphatic rings. The summed E-state index contributed by atoms with van der Waals surface area (Å²) in [6, 6.07) is 0. The summed E-state index contributed by atoms with van der Waals surface area (Å²) in [6.45, 7) is 4.19. The minimum absolute atomic E-state index is 0.0622. The maximum absolute atomic E-state index is 11.0. The van der Waals surface area contributed by atoms with Gasteiger partial charge in [0.2, 0.25) is 5.28 Å². The summed E-state index contributed by atoms with van der Waals surface area (Å²) in [4.78, 5) is 20.6. The van der Waals surface area contributed by atoms with Crippen LogP contribution in [-0.4, -0.2) is 49.9 Å². The first-order valence-corrected chi connectivity index (χ1v) is 6.62. The highest BCUT2D eigenvalue weighted by Gasteiger charge is 2.27. The van der Waals surface area contributed by atoms with Gasteiger partial charge in [0.15, 0.2) is 0 Å². The molecule has 20 heavy (non-hydrogen) atoms. The van der Waals surface area contributed by atoms with Gasteiger partial charge in [0.1, 0.15) is 5.82 Å². The van der Waals surface area contributed by atoms with Crippen molar-refractivity contribution in [2.45, 2.75) is 32.4 Å². The van der Waals surface area contributed by atoms with Gasteiger partial charge in [-0.2, -0.15) is 0 Å². The molecule has 0 radical (unpaired) electrons. The summed E-state index contributed by atoms with van der Waals surface area (Å²) >= 11 is 5.89. The molecule has 0 aliphatic carbocycles. The van der Waals surface area contributed by atoms with Crippen molar-refractivity contribution in [2.24, 2.45) is 0 Å². The minimum Gasteiger partial charge on any atom is -0.465 e. The molecule has 0 atom stereocenters. The first-order valence-electron chi connectivity index (χ1n) is 6.24. The highest BCUT2D eigenvalue weighted by molar-refractivity contribution is 6.28. The standard InChI is InChI=1S/C12H17ClN4O3/c1-12(2,6-18)16-9-7-3-4-17(11(19)20)5-8(7)14-10(13)15-9/h18H,3-6H2,1-2H3,(H,19,20)(H,14,15,16). The lowest BCUT2D eigenvalue weighted by molar-refractivity contribution is 0.139. The zero-order valence-electron chi connectivity index (χ0n) is 11.4. The quantitative estimate of drug-likeness (QED) is 0.729. The lowest BCUT2D eigenvalue weighted by atomic mass is 10.0. The summed E-state index contributed by atoms with van der Waals surface area (Å²) in [5.74, 6) is 0.559. The number of carboxylic acid groups (broad SMARTS) is 1. The molecule has 1 aromatic rings. The van der Waals surface area contributed by atoms with Crippen LogP contribution in [0.25, 0.3) is 0 Å². The van der Waals surface area contributed by atoms with Crippen LogP contribution in [-0.2, 0) is 13.0 Å². The molecular weight excluding hydrogens is 284 g/mol. The lowest BCUT2D eigenvalue weighted by Gasteiger charge is -2.30.